The highest BCUT2D eigenvalue weighted by molar-refractivity contribution is 7.98. The molecule has 3 N–H and O–H groups in total. The van der Waals surface area contributed by atoms with Crippen LogP contribution < -0.4 is 10.6 Å². The first-order chi connectivity index (χ1) is 10.6. The van der Waals surface area contributed by atoms with Crippen LogP contribution in [0.1, 0.15) is 12.8 Å². The third-order valence-electron chi connectivity index (χ3n) is 2.67. The van der Waals surface area contributed by atoms with E-state index in [-0.39, 0.29) is 18.5 Å². The number of thioether (sulfide) groups is 1. The van der Waals surface area contributed by atoms with E-state index < -0.39 is 11.9 Å². The Morgan fingerprint density at radius 2 is 2.23 bits per heavy atom. The fourth-order valence-corrected chi connectivity index (χ4v) is 2.01. The van der Waals surface area contributed by atoms with Gasteiger partial charge < -0.3 is 15.7 Å². The molecule has 0 unspecified atom stereocenters. The Bertz CT molecular complexity index is 608. The summed E-state index contributed by atoms with van der Waals surface area (Å²) < 4.78 is 0. The van der Waals surface area contributed by atoms with Crippen molar-refractivity contribution >= 4 is 29.3 Å². The molecular formula is C15H17N3O3S. The van der Waals surface area contributed by atoms with E-state index >= 15 is 0 Å². The van der Waals surface area contributed by atoms with Gasteiger partial charge in [-0.2, -0.15) is 5.26 Å². The van der Waals surface area contributed by atoms with Gasteiger partial charge in [0.15, 0.2) is 0 Å². The molecule has 1 aromatic rings. The minimum absolute atomic E-state index is 0.0222. The molecule has 0 spiro atoms. The molecule has 22 heavy (non-hydrogen) atoms. The molecule has 0 saturated heterocycles. The quantitative estimate of drug-likeness (QED) is 0.294. The molecule has 0 aliphatic rings. The normalized spacial score (nSPS) is 10.6. The maximum atomic E-state index is 11.8. The maximum Gasteiger partial charge on any atom is 0.303 e. The number of nitrogens with zero attached hydrogens (tertiary/aromatic N) is 1. The van der Waals surface area contributed by atoms with Crippen LogP contribution in [0.15, 0.2) is 40.9 Å². The zero-order valence-electron chi connectivity index (χ0n) is 12.1. The van der Waals surface area contributed by atoms with Crippen LogP contribution in [0, 0.1) is 11.3 Å². The largest absolute Gasteiger partial charge is 0.481 e. The molecule has 0 saturated carbocycles. The van der Waals surface area contributed by atoms with Gasteiger partial charge in [-0.15, -0.1) is 11.8 Å². The van der Waals surface area contributed by atoms with Crippen LogP contribution in [0.3, 0.4) is 0 Å². The number of carboxylic acids is 1. The van der Waals surface area contributed by atoms with E-state index in [1.807, 2.05) is 36.6 Å². The van der Waals surface area contributed by atoms with E-state index in [0.717, 1.165) is 10.6 Å². The monoisotopic (exact) mass is 319 g/mol. The van der Waals surface area contributed by atoms with Crippen molar-refractivity contribution in [1.82, 2.24) is 5.32 Å². The number of carbonyl (C=O) groups excluding carboxylic acids is 1. The van der Waals surface area contributed by atoms with E-state index in [1.165, 1.54) is 6.20 Å². The van der Waals surface area contributed by atoms with Gasteiger partial charge in [0.1, 0.15) is 11.6 Å². The summed E-state index contributed by atoms with van der Waals surface area (Å²) >= 11 is 1.59. The van der Waals surface area contributed by atoms with Gasteiger partial charge in [-0.05, 0) is 30.9 Å². The van der Waals surface area contributed by atoms with Crippen molar-refractivity contribution in [2.75, 3.05) is 18.1 Å². The number of anilines is 1. The summed E-state index contributed by atoms with van der Waals surface area (Å²) in [6, 6.07) is 9.38. The molecule has 0 radical (unpaired) electrons. The van der Waals surface area contributed by atoms with Gasteiger partial charge in [-0.1, -0.05) is 6.07 Å². The van der Waals surface area contributed by atoms with E-state index in [2.05, 4.69) is 10.6 Å². The molecule has 1 rings (SSSR count). The van der Waals surface area contributed by atoms with Gasteiger partial charge in [0.2, 0.25) is 0 Å². The Labute approximate surface area is 133 Å². The molecule has 6 nitrogen and oxygen atoms in total. The SMILES string of the molecule is CSc1cccc(N/C=C(/C#N)C(=O)NCCCC(=O)O)c1. The van der Waals surface area contributed by atoms with Crippen LogP contribution in [0.4, 0.5) is 5.69 Å². The zero-order valence-corrected chi connectivity index (χ0v) is 12.9. The zero-order chi connectivity index (χ0) is 16.4. The minimum Gasteiger partial charge on any atom is -0.481 e. The van der Waals surface area contributed by atoms with E-state index in [1.54, 1.807) is 11.8 Å². The van der Waals surface area contributed by atoms with Crippen molar-refractivity contribution in [3.05, 3.63) is 36.0 Å². The number of carbonyl (C=O) groups is 2. The number of benzene rings is 1. The van der Waals surface area contributed by atoms with Gasteiger partial charge in [0.05, 0.1) is 0 Å². The first-order valence-electron chi connectivity index (χ1n) is 6.57. The number of amides is 1. The van der Waals surface area contributed by atoms with Gasteiger partial charge in [0.25, 0.3) is 5.91 Å². The van der Waals surface area contributed by atoms with Gasteiger partial charge in [-0.25, -0.2) is 0 Å². The van der Waals surface area contributed by atoms with Crippen LogP contribution >= 0.6 is 11.8 Å². The van der Waals surface area contributed by atoms with Crippen LogP contribution in [0.2, 0.25) is 0 Å². The summed E-state index contributed by atoms with van der Waals surface area (Å²) in [5.41, 5.74) is 0.711. The predicted molar refractivity (Wildman–Crippen MR) is 85.4 cm³/mol. The lowest BCUT2D eigenvalue weighted by Crippen LogP contribution is -2.26. The highest BCUT2D eigenvalue weighted by Crippen LogP contribution is 2.19. The van der Waals surface area contributed by atoms with Crippen LogP contribution in [-0.4, -0.2) is 29.8 Å². The molecule has 0 bridgehead atoms. The second-order valence-corrected chi connectivity index (χ2v) is 5.18. The number of rotatable bonds is 8. The molecular weight excluding hydrogens is 302 g/mol. The van der Waals surface area contributed by atoms with Crippen LogP contribution in [0.5, 0.6) is 0 Å². The number of hydrogen-bond donors (Lipinski definition) is 3. The lowest BCUT2D eigenvalue weighted by Gasteiger charge is -2.05. The number of nitriles is 1. The lowest BCUT2D eigenvalue weighted by molar-refractivity contribution is -0.137. The van der Waals surface area contributed by atoms with Crippen molar-refractivity contribution in [3.63, 3.8) is 0 Å². The molecule has 0 fully saturated rings. The fourth-order valence-electron chi connectivity index (χ4n) is 1.55. The second kappa shape index (κ2) is 9.47. The molecule has 0 aliphatic carbocycles. The highest BCUT2D eigenvalue weighted by Gasteiger charge is 2.08. The molecule has 1 aromatic carbocycles. The summed E-state index contributed by atoms with van der Waals surface area (Å²) in [6.45, 7) is 0.214. The number of hydrogen-bond acceptors (Lipinski definition) is 5. The van der Waals surface area contributed by atoms with Crippen LogP contribution in [0.25, 0.3) is 0 Å². The standard InChI is InChI=1S/C15H17N3O3S/c1-22-13-5-2-4-12(8-13)18-10-11(9-16)15(21)17-7-3-6-14(19)20/h2,4-5,8,10,18H,3,6-7H2,1H3,(H,17,21)(H,19,20)/b11-10-. The van der Waals surface area contributed by atoms with Crippen molar-refractivity contribution in [1.29, 1.82) is 5.26 Å². The first-order valence-corrected chi connectivity index (χ1v) is 7.80. The van der Waals surface area contributed by atoms with Gasteiger partial charge >= 0.3 is 5.97 Å². The average molecular weight is 319 g/mol. The van der Waals surface area contributed by atoms with E-state index in [0.29, 0.717) is 6.42 Å². The number of aliphatic carboxylic acids is 1. The molecule has 116 valence electrons. The predicted octanol–water partition coefficient (Wildman–Crippen LogP) is 2.21. The third kappa shape index (κ3) is 6.33. The van der Waals surface area contributed by atoms with Crippen molar-refractivity contribution in [3.8, 4) is 6.07 Å². The summed E-state index contributed by atoms with van der Waals surface area (Å²) in [5, 5.41) is 22.9. The summed E-state index contributed by atoms with van der Waals surface area (Å²) in [6.07, 6.45) is 3.60. The molecule has 7 heteroatoms. The van der Waals surface area contributed by atoms with Gasteiger partial charge in [0, 0.05) is 29.7 Å². The maximum absolute atomic E-state index is 11.8. The third-order valence-corrected chi connectivity index (χ3v) is 3.40. The van der Waals surface area contributed by atoms with Crippen molar-refractivity contribution in [2.24, 2.45) is 0 Å². The van der Waals surface area contributed by atoms with Crippen molar-refractivity contribution in [2.45, 2.75) is 17.7 Å². The molecule has 1 amide bonds. The molecule has 0 aliphatic heterocycles. The second-order valence-electron chi connectivity index (χ2n) is 4.30. The first kappa shape index (κ1) is 17.6. The van der Waals surface area contributed by atoms with E-state index in [4.69, 9.17) is 10.4 Å². The van der Waals surface area contributed by atoms with Gasteiger partial charge in [-0.3, -0.25) is 9.59 Å². The highest BCUT2D eigenvalue weighted by atomic mass is 32.2. The minimum atomic E-state index is -0.916. The lowest BCUT2D eigenvalue weighted by atomic mass is 10.2. The Hall–Kier alpha value is -2.46. The summed E-state index contributed by atoms with van der Waals surface area (Å²) in [7, 11) is 0. The number of carboxylic acid groups (broad SMARTS) is 1. The Morgan fingerprint density at radius 3 is 2.86 bits per heavy atom. The smallest absolute Gasteiger partial charge is 0.303 e. The molecule has 0 atom stereocenters. The summed E-state index contributed by atoms with van der Waals surface area (Å²) in [5.74, 6) is -1.44. The average Bonchev–Trinajstić information content (AvgIpc) is 2.52. The topological polar surface area (TPSA) is 102 Å². The Kier molecular flexibility index (Phi) is 7.57. The molecule has 0 aromatic heterocycles. The summed E-state index contributed by atoms with van der Waals surface area (Å²) in [4.78, 5) is 23.2. The fraction of sp³-hybridized carbons (Fsp3) is 0.267. The molecule has 0 heterocycles. The van der Waals surface area contributed by atoms with Crippen LogP contribution in [-0.2, 0) is 9.59 Å². The number of nitrogens with one attached hydrogen (secondary N) is 2. The van der Waals surface area contributed by atoms with E-state index in [9.17, 15) is 9.59 Å². The van der Waals surface area contributed by atoms with Crippen molar-refractivity contribution < 1.29 is 14.7 Å². The Morgan fingerprint density at radius 1 is 1.45 bits per heavy atom. The Balaban J connectivity index is 2.56.